The van der Waals surface area contributed by atoms with Crippen molar-refractivity contribution in [1.29, 1.82) is 0 Å². The molecule has 1 saturated heterocycles. The van der Waals surface area contributed by atoms with Crippen LogP contribution < -0.4 is 0 Å². The normalized spacial score (nSPS) is 24.8. The van der Waals surface area contributed by atoms with Crippen LogP contribution in [0.15, 0.2) is 47.5 Å². The number of thioether (sulfide) groups is 1. The number of rotatable bonds is 6. The van der Waals surface area contributed by atoms with Gasteiger partial charge in [0.05, 0.1) is 18.4 Å². The fourth-order valence-electron chi connectivity index (χ4n) is 3.57. The second-order valence-electron chi connectivity index (χ2n) is 7.49. The third kappa shape index (κ3) is 4.65. The van der Waals surface area contributed by atoms with Crippen LogP contribution >= 0.6 is 11.8 Å². The van der Waals surface area contributed by atoms with Gasteiger partial charge < -0.3 is 25.2 Å². The second kappa shape index (κ2) is 9.72. The first-order valence-electron chi connectivity index (χ1n) is 9.88. The number of ether oxygens (including phenoxy) is 1. The quantitative estimate of drug-likeness (QED) is 0.376. The molecule has 0 aliphatic carbocycles. The van der Waals surface area contributed by atoms with Gasteiger partial charge in [0, 0.05) is 10.5 Å². The van der Waals surface area contributed by atoms with E-state index in [1.165, 1.54) is 24.4 Å². The van der Waals surface area contributed by atoms with E-state index in [0.29, 0.717) is 4.90 Å². The van der Waals surface area contributed by atoms with Crippen LogP contribution in [0.5, 0.6) is 0 Å². The molecule has 2 heterocycles. The lowest BCUT2D eigenvalue weighted by atomic mass is 9.97. The first-order chi connectivity index (χ1) is 16.2. The average molecular weight is 497 g/mol. The largest absolute Gasteiger partial charge is 0.478 e. The summed E-state index contributed by atoms with van der Waals surface area (Å²) < 4.78 is 47.2. The van der Waals surface area contributed by atoms with Crippen LogP contribution in [0.2, 0.25) is 0 Å². The summed E-state index contributed by atoms with van der Waals surface area (Å²) in [5.74, 6) is -5.62. The number of carboxylic acids is 1. The maximum Gasteiger partial charge on any atom is 0.335 e. The van der Waals surface area contributed by atoms with E-state index < -0.39 is 59.8 Å². The Morgan fingerprint density at radius 1 is 1.12 bits per heavy atom. The molecule has 34 heavy (non-hydrogen) atoms. The van der Waals surface area contributed by atoms with Gasteiger partial charge in [-0.15, -0.1) is 5.10 Å². The highest BCUT2D eigenvalue weighted by molar-refractivity contribution is 7.99. The number of carbonyl (C=O) groups is 1. The number of aliphatic hydroxyl groups excluding tert-OH is 3. The van der Waals surface area contributed by atoms with Gasteiger partial charge in [0.15, 0.2) is 17.5 Å². The highest BCUT2D eigenvalue weighted by Gasteiger charge is 2.46. The summed E-state index contributed by atoms with van der Waals surface area (Å²) in [4.78, 5) is 11.7. The number of aliphatic hydroxyl groups is 3. The van der Waals surface area contributed by atoms with Crippen LogP contribution in [0, 0.1) is 17.5 Å². The monoisotopic (exact) mass is 497 g/mol. The molecule has 0 saturated carbocycles. The van der Waals surface area contributed by atoms with Gasteiger partial charge in [0.1, 0.15) is 35.5 Å². The number of aromatic carboxylic acids is 1. The average Bonchev–Trinajstić information content (AvgIpc) is 3.29. The molecule has 1 aliphatic heterocycles. The third-order valence-corrected chi connectivity index (χ3v) is 6.43. The molecule has 0 amide bonds. The van der Waals surface area contributed by atoms with Crippen LogP contribution in [-0.2, 0) is 4.74 Å². The van der Waals surface area contributed by atoms with Crippen LogP contribution in [0.1, 0.15) is 16.4 Å². The van der Waals surface area contributed by atoms with Crippen molar-refractivity contribution < 1.29 is 43.1 Å². The predicted octanol–water partition coefficient (Wildman–Crippen LogP) is 1.83. The summed E-state index contributed by atoms with van der Waals surface area (Å²) in [7, 11) is 0. The number of nitrogens with zero attached hydrogens (tertiary/aromatic N) is 3. The summed E-state index contributed by atoms with van der Waals surface area (Å²) in [6, 6.07) is 6.16. The zero-order valence-corrected chi connectivity index (χ0v) is 17.9. The highest BCUT2D eigenvalue weighted by atomic mass is 32.2. The van der Waals surface area contributed by atoms with Crippen LogP contribution in [0.4, 0.5) is 13.2 Å². The molecule has 3 aromatic rings. The second-order valence-corrected chi connectivity index (χ2v) is 8.66. The van der Waals surface area contributed by atoms with Gasteiger partial charge in [-0.05, 0) is 30.3 Å². The van der Waals surface area contributed by atoms with Crippen LogP contribution in [0.25, 0.3) is 11.3 Å². The Labute approximate surface area is 194 Å². The predicted molar refractivity (Wildman–Crippen MR) is 111 cm³/mol. The number of hydrogen-bond donors (Lipinski definition) is 4. The topological polar surface area (TPSA) is 138 Å². The van der Waals surface area contributed by atoms with Crippen molar-refractivity contribution in [2.45, 2.75) is 34.7 Å². The van der Waals surface area contributed by atoms with Crippen LogP contribution in [-0.4, -0.2) is 71.7 Å². The summed E-state index contributed by atoms with van der Waals surface area (Å²) in [6.45, 7) is -0.605. The van der Waals surface area contributed by atoms with Gasteiger partial charge in [-0.3, -0.25) is 0 Å². The molecule has 13 heteroatoms. The van der Waals surface area contributed by atoms with Crippen molar-refractivity contribution in [2.75, 3.05) is 6.61 Å². The molecule has 2 aromatic carbocycles. The van der Waals surface area contributed by atoms with Gasteiger partial charge in [-0.2, -0.15) is 0 Å². The maximum absolute atomic E-state index is 13.6. The van der Waals surface area contributed by atoms with E-state index in [4.69, 9.17) is 4.74 Å². The van der Waals surface area contributed by atoms with Gasteiger partial charge in [-0.1, -0.05) is 23.0 Å². The molecule has 0 bridgehead atoms. The van der Waals surface area contributed by atoms with Crippen molar-refractivity contribution in [1.82, 2.24) is 15.0 Å². The highest BCUT2D eigenvalue weighted by Crippen LogP contribution is 2.38. The maximum atomic E-state index is 13.6. The van der Waals surface area contributed by atoms with Crippen molar-refractivity contribution in [3.05, 3.63) is 65.6 Å². The smallest absolute Gasteiger partial charge is 0.335 e. The van der Waals surface area contributed by atoms with E-state index >= 15 is 0 Å². The summed E-state index contributed by atoms with van der Waals surface area (Å²) >= 11 is 0.972. The van der Waals surface area contributed by atoms with E-state index in [1.807, 2.05) is 0 Å². The summed E-state index contributed by atoms with van der Waals surface area (Å²) in [6.07, 6.45) is -2.80. The van der Waals surface area contributed by atoms with Crippen molar-refractivity contribution in [3.63, 3.8) is 0 Å². The van der Waals surface area contributed by atoms with E-state index in [-0.39, 0.29) is 16.8 Å². The third-order valence-electron chi connectivity index (χ3n) is 5.28. The number of benzene rings is 2. The molecule has 9 nitrogen and oxygen atoms in total. The van der Waals surface area contributed by atoms with E-state index in [1.54, 1.807) is 6.07 Å². The Kier molecular flexibility index (Phi) is 6.91. The Balaban J connectivity index is 1.63. The molecule has 4 N–H and O–H groups in total. The molecule has 180 valence electrons. The SMILES string of the molecule is O=C(O)c1cccc(S[C@H]2OC(CO)[C@H](O)C(n3cc(-c4cc(F)c(F)c(F)c4)nn3)C2O)c1. The van der Waals surface area contributed by atoms with Gasteiger partial charge in [-0.25, -0.2) is 22.6 Å². The molecule has 0 spiro atoms. The molecule has 1 aliphatic rings. The number of halogens is 3. The van der Waals surface area contributed by atoms with Crippen LogP contribution in [0.3, 0.4) is 0 Å². The lowest BCUT2D eigenvalue weighted by molar-refractivity contribution is -0.178. The minimum Gasteiger partial charge on any atom is -0.478 e. The number of hydrogen-bond acceptors (Lipinski definition) is 8. The van der Waals surface area contributed by atoms with E-state index in [9.17, 15) is 38.4 Å². The summed E-state index contributed by atoms with van der Waals surface area (Å²) in [5, 5.41) is 48.1. The Hall–Kier alpha value is -2.97. The lowest BCUT2D eigenvalue weighted by Crippen LogP contribution is -2.55. The fraction of sp³-hybridized carbons (Fsp3) is 0.286. The van der Waals surface area contributed by atoms with E-state index in [2.05, 4.69) is 10.3 Å². The molecular formula is C21H18F3N3O6S. The fourth-order valence-corrected chi connectivity index (χ4v) is 4.69. The minimum absolute atomic E-state index is 0.0188. The molecule has 3 unspecified atom stereocenters. The molecule has 4 rings (SSSR count). The van der Waals surface area contributed by atoms with Crippen molar-refractivity contribution in [3.8, 4) is 11.3 Å². The first-order valence-corrected chi connectivity index (χ1v) is 10.8. The lowest BCUT2D eigenvalue weighted by Gasteiger charge is -2.41. The number of aromatic nitrogens is 3. The Morgan fingerprint density at radius 3 is 2.47 bits per heavy atom. The molecular weight excluding hydrogens is 479 g/mol. The van der Waals surface area contributed by atoms with Gasteiger partial charge in [0.2, 0.25) is 0 Å². The zero-order chi connectivity index (χ0) is 24.6. The Bertz CT molecular complexity index is 1190. The first kappa shape index (κ1) is 24.2. The van der Waals surface area contributed by atoms with Crippen molar-refractivity contribution in [2.24, 2.45) is 0 Å². The molecule has 1 aromatic heterocycles. The Morgan fingerprint density at radius 2 is 1.82 bits per heavy atom. The standard InChI is InChI=1S/C21H18F3N3O6S/c22-12-5-10(6-13(23)16(12)24)14-7-27(26-25-14)17-18(29)15(8-28)33-21(19(17)30)34-11-3-1-2-9(4-11)20(31)32/h1-7,15,17-19,21,28-30H,8H2,(H,31,32)/t15?,17?,18-,19?,21+/m0/s1. The van der Waals surface area contributed by atoms with Gasteiger partial charge in [0.25, 0.3) is 0 Å². The van der Waals surface area contributed by atoms with Gasteiger partial charge >= 0.3 is 5.97 Å². The zero-order valence-electron chi connectivity index (χ0n) is 17.1. The summed E-state index contributed by atoms with van der Waals surface area (Å²) in [5.41, 5.74) is -1.20. The van der Waals surface area contributed by atoms with E-state index in [0.717, 1.165) is 28.6 Å². The number of carboxylic acid groups (broad SMARTS) is 1. The van der Waals surface area contributed by atoms with Crippen molar-refractivity contribution >= 4 is 17.7 Å². The molecule has 0 radical (unpaired) electrons. The minimum atomic E-state index is -1.64. The molecule has 5 atom stereocenters. The molecule has 1 fully saturated rings.